The van der Waals surface area contributed by atoms with Crippen LogP contribution in [0.1, 0.15) is 0 Å². The predicted molar refractivity (Wildman–Crippen MR) is 34.5 cm³/mol. The van der Waals surface area contributed by atoms with Crippen LogP contribution in [0, 0.1) is 5.92 Å². The molecule has 0 spiro atoms. The highest BCUT2D eigenvalue weighted by Gasteiger charge is 2.41. The largest absolute Gasteiger partial charge is 0.396 e. The molecule has 0 saturated carbocycles. The number of hydrogen-bond acceptors (Lipinski definition) is 5. The second-order valence-electron chi connectivity index (χ2n) is 2.58. The van der Waals surface area contributed by atoms with Crippen molar-refractivity contribution in [1.82, 2.24) is 0 Å². The average Bonchev–Trinajstić information content (AvgIpc) is 2.28. The molecule has 5 nitrogen and oxygen atoms in total. The number of aliphatic hydroxyl groups is 4. The fourth-order valence-electron chi connectivity index (χ4n) is 1.20. The summed E-state index contributed by atoms with van der Waals surface area (Å²) in [6.07, 6.45) is -3.05. The highest BCUT2D eigenvalue weighted by molar-refractivity contribution is 4.84. The lowest BCUT2D eigenvalue weighted by Crippen LogP contribution is -2.31. The second kappa shape index (κ2) is 3.46. The van der Waals surface area contributed by atoms with Crippen LogP contribution in [0.4, 0.5) is 0 Å². The summed E-state index contributed by atoms with van der Waals surface area (Å²) in [4.78, 5) is 0. The van der Waals surface area contributed by atoms with Gasteiger partial charge in [-0.1, -0.05) is 0 Å². The van der Waals surface area contributed by atoms with Gasteiger partial charge in [0.1, 0.15) is 6.10 Å². The van der Waals surface area contributed by atoms with Gasteiger partial charge < -0.3 is 25.2 Å². The van der Waals surface area contributed by atoms with E-state index in [0.717, 1.165) is 0 Å². The molecule has 1 rings (SSSR count). The van der Waals surface area contributed by atoms with Crippen LogP contribution >= 0.6 is 0 Å². The molecular weight excluding hydrogens is 152 g/mol. The van der Waals surface area contributed by atoms with E-state index in [1.807, 2.05) is 0 Å². The van der Waals surface area contributed by atoms with E-state index in [-0.39, 0.29) is 13.2 Å². The van der Waals surface area contributed by atoms with Gasteiger partial charge in [-0.2, -0.15) is 0 Å². The first kappa shape index (κ1) is 8.89. The van der Waals surface area contributed by atoms with Crippen molar-refractivity contribution in [2.75, 3.05) is 13.2 Å². The predicted octanol–water partition coefficient (Wildman–Crippen LogP) is -2.33. The molecule has 5 heteroatoms. The Hall–Kier alpha value is -0.200. The standard InChI is InChI=1S/C6H12O5/c7-1-3-4(2-8)11-6(10)5(3)9/h3-10H,1-2H2/t3-,4-,5-,6?/m1/s1. The Morgan fingerprint density at radius 2 is 1.73 bits per heavy atom. The van der Waals surface area contributed by atoms with Crippen LogP contribution in [0.5, 0.6) is 0 Å². The minimum absolute atomic E-state index is 0.302. The van der Waals surface area contributed by atoms with Gasteiger partial charge in [0.15, 0.2) is 6.29 Å². The first-order valence-corrected chi connectivity index (χ1v) is 3.44. The van der Waals surface area contributed by atoms with Crippen molar-refractivity contribution in [2.45, 2.75) is 18.5 Å². The molecule has 0 aromatic heterocycles. The van der Waals surface area contributed by atoms with E-state index in [1.54, 1.807) is 0 Å². The lowest BCUT2D eigenvalue weighted by atomic mass is 10.0. The van der Waals surface area contributed by atoms with E-state index in [4.69, 9.17) is 25.2 Å². The van der Waals surface area contributed by atoms with E-state index in [0.29, 0.717) is 0 Å². The SMILES string of the molecule is OC[C@@H]1[C@@H](CO)OC(O)[C@@H]1O. The van der Waals surface area contributed by atoms with Gasteiger partial charge >= 0.3 is 0 Å². The van der Waals surface area contributed by atoms with Crippen LogP contribution in [0.2, 0.25) is 0 Å². The maximum Gasteiger partial charge on any atom is 0.181 e. The van der Waals surface area contributed by atoms with E-state index in [2.05, 4.69) is 0 Å². The Bertz CT molecular complexity index is 128. The van der Waals surface area contributed by atoms with Crippen molar-refractivity contribution in [3.8, 4) is 0 Å². The lowest BCUT2D eigenvalue weighted by molar-refractivity contribution is -0.132. The average molecular weight is 164 g/mol. The fraction of sp³-hybridized carbons (Fsp3) is 1.00. The van der Waals surface area contributed by atoms with Crippen molar-refractivity contribution in [2.24, 2.45) is 5.92 Å². The number of aliphatic hydroxyl groups excluding tert-OH is 4. The molecule has 0 bridgehead atoms. The molecule has 0 aromatic rings. The van der Waals surface area contributed by atoms with Crippen LogP contribution in [0.15, 0.2) is 0 Å². The molecular formula is C6H12O5. The fourth-order valence-corrected chi connectivity index (χ4v) is 1.20. The summed E-state index contributed by atoms with van der Waals surface area (Å²) >= 11 is 0. The number of rotatable bonds is 2. The third kappa shape index (κ3) is 1.52. The van der Waals surface area contributed by atoms with Crippen LogP contribution in [0.25, 0.3) is 0 Å². The molecule has 0 aromatic carbocycles. The molecule has 1 unspecified atom stereocenters. The first-order valence-electron chi connectivity index (χ1n) is 3.44. The van der Waals surface area contributed by atoms with Gasteiger partial charge in [0.25, 0.3) is 0 Å². The van der Waals surface area contributed by atoms with Crippen molar-refractivity contribution in [1.29, 1.82) is 0 Å². The van der Waals surface area contributed by atoms with Crippen molar-refractivity contribution in [3.63, 3.8) is 0 Å². The molecule has 1 fully saturated rings. The summed E-state index contributed by atoms with van der Waals surface area (Å²) < 4.78 is 4.72. The monoisotopic (exact) mass is 164 g/mol. The Morgan fingerprint density at radius 1 is 1.09 bits per heavy atom. The summed E-state index contributed by atoms with van der Waals surface area (Å²) in [5, 5.41) is 35.4. The summed E-state index contributed by atoms with van der Waals surface area (Å²) in [6.45, 7) is -0.608. The van der Waals surface area contributed by atoms with Gasteiger partial charge in [0, 0.05) is 5.92 Å². The normalized spacial score (nSPS) is 44.7. The molecule has 0 amide bonds. The van der Waals surface area contributed by atoms with Gasteiger partial charge in [0.2, 0.25) is 0 Å². The van der Waals surface area contributed by atoms with Crippen LogP contribution in [-0.2, 0) is 4.74 Å². The smallest absolute Gasteiger partial charge is 0.181 e. The third-order valence-corrected chi connectivity index (χ3v) is 1.91. The molecule has 0 aliphatic carbocycles. The van der Waals surface area contributed by atoms with E-state index in [1.165, 1.54) is 0 Å². The molecule has 1 aliphatic rings. The first-order chi connectivity index (χ1) is 5.20. The zero-order valence-corrected chi connectivity index (χ0v) is 5.92. The summed E-state index contributed by atoms with van der Waals surface area (Å²) in [7, 11) is 0. The number of ether oxygens (including phenoxy) is 1. The van der Waals surface area contributed by atoms with Gasteiger partial charge in [-0.05, 0) is 0 Å². The van der Waals surface area contributed by atoms with E-state index >= 15 is 0 Å². The molecule has 66 valence electrons. The molecule has 0 radical (unpaired) electrons. The zero-order chi connectivity index (χ0) is 8.43. The van der Waals surface area contributed by atoms with E-state index in [9.17, 15) is 0 Å². The minimum atomic E-state index is -1.29. The quantitative estimate of drug-likeness (QED) is 0.367. The summed E-state index contributed by atoms with van der Waals surface area (Å²) in [5.41, 5.74) is 0. The van der Waals surface area contributed by atoms with Crippen LogP contribution < -0.4 is 0 Å². The van der Waals surface area contributed by atoms with Crippen molar-refractivity contribution < 1.29 is 25.2 Å². The molecule has 4 N–H and O–H groups in total. The number of hydrogen-bond donors (Lipinski definition) is 4. The molecule has 1 saturated heterocycles. The minimum Gasteiger partial charge on any atom is -0.396 e. The molecule has 1 aliphatic heterocycles. The zero-order valence-electron chi connectivity index (χ0n) is 5.92. The summed E-state index contributed by atoms with van der Waals surface area (Å²) in [6, 6.07) is 0. The Labute approximate surface area is 63.8 Å². The topological polar surface area (TPSA) is 90.2 Å². The van der Waals surface area contributed by atoms with Gasteiger partial charge in [-0.25, -0.2) is 0 Å². The maximum atomic E-state index is 9.11. The highest BCUT2D eigenvalue weighted by Crippen LogP contribution is 2.24. The maximum absolute atomic E-state index is 9.11. The lowest BCUT2D eigenvalue weighted by Gasteiger charge is -2.14. The molecule has 4 atom stereocenters. The highest BCUT2D eigenvalue weighted by atomic mass is 16.6. The van der Waals surface area contributed by atoms with E-state index < -0.39 is 24.4 Å². The van der Waals surface area contributed by atoms with Gasteiger partial charge in [0.05, 0.1) is 19.3 Å². The Morgan fingerprint density at radius 3 is 2.09 bits per heavy atom. The van der Waals surface area contributed by atoms with Gasteiger partial charge in [-0.3, -0.25) is 0 Å². The molecule has 11 heavy (non-hydrogen) atoms. The summed E-state index contributed by atoms with van der Waals surface area (Å²) in [5.74, 6) is -0.588. The van der Waals surface area contributed by atoms with Crippen molar-refractivity contribution >= 4 is 0 Å². The molecule has 1 heterocycles. The van der Waals surface area contributed by atoms with Crippen LogP contribution in [-0.4, -0.2) is 52.1 Å². The third-order valence-electron chi connectivity index (χ3n) is 1.91. The van der Waals surface area contributed by atoms with Gasteiger partial charge in [-0.15, -0.1) is 0 Å². The Balaban J connectivity index is 2.57. The Kier molecular flexibility index (Phi) is 2.80. The second-order valence-corrected chi connectivity index (χ2v) is 2.58. The van der Waals surface area contributed by atoms with Crippen molar-refractivity contribution in [3.05, 3.63) is 0 Å². The van der Waals surface area contributed by atoms with Crippen LogP contribution in [0.3, 0.4) is 0 Å².